The minimum Gasteiger partial charge on any atom is -0.338 e. The molecule has 1 aliphatic heterocycles. The average molecular weight is 386 g/mol. The number of benzene rings is 1. The molecule has 0 radical (unpaired) electrons. The molecule has 0 N–H and O–H groups in total. The molecule has 4 heterocycles. The van der Waals surface area contributed by atoms with Crippen molar-refractivity contribution in [3.05, 3.63) is 82.4 Å². The fourth-order valence-electron chi connectivity index (χ4n) is 4.25. The number of nitrogens with zero attached hydrogens (tertiary/aromatic N) is 4. The molecule has 0 bridgehead atoms. The summed E-state index contributed by atoms with van der Waals surface area (Å²) in [6.07, 6.45) is 5.52. The lowest BCUT2D eigenvalue weighted by atomic mass is 9.99. The van der Waals surface area contributed by atoms with Gasteiger partial charge in [-0.15, -0.1) is 0 Å². The first-order valence-electron chi connectivity index (χ1n) is 10.0. The van der Waals surface area contributed by atoms with Gasteiger partial charge in [-0.1, -0.05) is 24.3 Å². The normalized spacial score (nSPS) is 13.7. The number of fused-ring (bicyclic) bond motifs is 4. The summed E-state index contributed by atoms with van der Waals surface area (Å²) in [6.45, 7) is 1.91. The Kier molecular flexibility index (Phi) is 4.39. The van der Waals surface area contributed by atoms with E-state index in [1.165, 1.54) is 11.1 Å². The van der Waals surface area contributed by atoms with E-state index in [1.54, 1.807) is 10.8 Å². The first-order chi connectivity index (χ1) is 14.2. The van der Waals surface area contributed by atoms with Gasteiger partial charge in [0.05, 0.1) is 5.52 Å². The highest BCUT2D eigenvalue weighted by Gasteiger charge is 2.20. The Morgan fingerprint density at radius 2 is 1.83 bits per heavy atom. The minimum absolute atomic E-state index is 0.0689. The number of pyridine rings is 1. The summed E-state index contributed by atoms with van der Waals surface area (Å²) in [5, 5.41) is 0. The van der Waals surface area contributed by atoms with Crippen LogP contribution in [-0.2, 0) is 24.3 Å². The first kappa shape index (κ1) is 17.7. The number of hydrogen-bond acceptors (Lipinski definition) is 3. The van der Waals surface area contributed by atoms with Crippen molar-refractivity contribution in [2.45, 2.75) is 32.4 Å². The van der Waals surface area contributed by atoms with Crippen molar-refractivity contribution in [3.63, 3.8) is 0 Å². The predicted octanol–water partition coefficient (Wildman–Crippen LogP) is 3.01. The summed E-state index contributed by atoms with van der Waals surface area (Å²) < 4.78 is 3.57. The average Bonchev–Trinajstić information content (AvgIpc) is 3.26. The Bertz CT molecular complexity index is 1270. The maximum atomic E-state index is 12.9. The fourth-order valence-corrected chi connectivity index (χ4v) is 4.25. The lowest BCUT2D eigenvalue weighted by Gasteiger charge is -2.29. The Balaban J connectivity index is 1.33. The first-order valence-corrected chi connectivity index (χ1v) is 10.0. The van der Waals surface area contributed by atoms with Crippen LogP contribution in [0.5, 0.6) is 0 Å². The highest BCUT2D eigenvalue weighted by Crippen LogP contribution is 2.19. The van der Waals surface area contributed by atoms with Gasteiger partial charge in [-0.05, 0) is 48.2 Å². The van der Waals surface area contributed by atoms with Crippen molar-refractivity contribution in [2.75, 3.05) is 6.54 Å². The van der Waals surface area contributed by atoms with Crippen LogP contribution in [0, 0.1) is 0 Å². The maximum Gasteiger partial charge on any atom is 0.276 e. The third kappa shape index (κ3) is 3.10. The van der Waals surface area contributed by atoms with Gasteiger partial charge in [-0.2, -0.15) is 0 Å². The SMILES string of the molecule is O=C(CCCn1c(=O)c2cccn2c2cccnc21)N1CCc2ccccc2C1. The van der Waals surface area contributed by atoms with Gasteiger partial charge in [0.25, 0.3) is 5.56 Å². The standard InChI is InChI=1S/C23H22N4O2/c28-21(25-15-11-17-6-1-2-7-18(17)16-25)10-5-14-27-22-19(8-3-12-24-22)26-13-4-9-20(26)23(27)29/h1-4,6-9,12-13H,5,10-11,14-16H2. The highest BCUT2D eigenvalue weighted by atomic mass is 16.2. The molecule has 0 aliphatic carbocycles. The molecule has 0 saturated carbocycles. The second-order valence-corrected chi connectivity index (χ2v) is 7.50. The van der Waals surface area contributed by atoms with Crippen molar-refractivity contribution >= 4 is 22.6 Å². The molecule has 0 fully saturated rings. The molecule has 4 aromatic rings. The Hall–Kier alpha value is -3.41. The summed E-state index contributed by atoms with van der Waals surface area (Å²) in [4.78, 5) is 32.0. The van der Waals surface area contributed by atoms with E-state index < -0.39 is 0 Å². The van der Waals surface area contributed by atoms with Crippen molar-refractivity contribution < 1.29 is 4.79 Å². The molecule has 1 aromatic carbocycles. The monoisotopic (exact) mass is 386 g/mol. The number of aromatic nitrogens is 3. The van der Waals surface area contributed by atoms with E-state index in [1.807, 2.05) is 51.9 Å². The van der Waals surface area contributed by atoms with Gasteiger partial charge in [-0.25, -0.2) is 4.98 Å². The number of aryl methyl sites for hydroxylation is 1. The van der Waals surface area contributed by atoms with E-state index in [4.69, 9.17) is 0 Å². The minimum atomic E-state index is -0.0689. The third-order valence-electron chi connectivity index (χ3n) is 5.75. The zero-order valence-corrected chi connectivity index (χ0v) is 16.1. The zero-order valence-electron chi connectivity index (χ0n) is 16.1. The number of amides is 1. The molecule has 6 nitrogen and oxygen atoms in total. The van der Waals surface area contributed by atoms with Crippen LogP contribution in [-0.4, -0.2) is 31.3 Å². The Labute approximate surface area is 168 Å². The van der Waals surface area contributed by atoms with Crippen molar-refractivity contribution in [3.8, 4) is 0 Å². The number of hydrogen-bond donors (Lipinski definition) is 0. The summed E-state index contributed by atoms with van der Waals surface area (Å²) in [6, 6.07) is 15.8. The molecular weight excluding hydrogens is 364 g/mol. The van der Waals surface area contributed by atoms with Crippen LogP contribution in [0.25, 0.3) is 16.7 Å². The van der Waals surface area contributed by atoms with Gasteiger partial charge < -0.3 is 9.30 Å². The summed E-state index contributed by atoms with van der Waals surface area (Å²) in [7, 11) is 0. The van der Waals surface area contributed by atoms with E-state index in [9.17, 15) is 9.59 Å². The topological polar surface area (TPSA) is 59.6 Å². The van der Waals surface area contributed by atoms with Crippen LogP contribution < -0.4 is 5.56 Å². The van der Waals surface area contributed by atoms with Gasteiger partial charge in [0.2, 0.25) is 5.91 Å². The lowest BCUT2D eigenvalue weighted by molar-refractivity contribution is -0.132. The number of rotatable bonds is 4. The van der Waals surface area contributed by atoms with Gasteiger partial charge in [0, 0.05) is 38.4 Å². The Morgan fingerprint density at radius 3 is 2.72 bits per heavy atom. The van der Waals surface area contributed by atoms with Crippen LogP contribution >= 0.6 is 0 Å². The molecule has 0 unspecified atom stereocenters. The molecule has 6 heteroatoms. The second kappa shape index (κ2) is 7.20. The molecule has 3 aromatic heterocycles. The van der Waals surface area contributed by atoms with Gasteiger partial charge in [0.1, 0.15) is 5.52 Å². The highest BCUT2D eigenvalue weighted by molar-refractivity contribution is 5.77. The lowest BCUT2D eigenvalue weighted by Crippen LogP contribution is -2.36. The van der Waals surface area contributed by atoms with Crippen molar-refractivity contribution in [2.24, 2.45) is 0 Å². The molecule has 146 valence electrons. The smallest absolute Gasteiger partial charge is 0.276 e. The van der Waals surface area contributed by atoms with Gasteiger partial charge in [-0.3, -0.25) is 14.2 Å². The largest absolute Gasteiger partial charge is 0.338 e. The van der Waals surface area contributed by atoms with Crippen LogP contribution in [0.4, 0.5) is 0 Å². The summed E-state index contributed by atoms with van der Waals surface area (Å²) in [5.41, 5.74) is 4.68. The molecular formula is C23H22N4O2. The molecule has 0 spiro atoms. The fraction of sp³-hybridized carbons (Fsp3) is 0.261. The van der Waals surface area contributed by atoms with E-state index in [2.05, 4.69) is 17.1 Å². The van der Waals surface area contributed by atoms with Crippen LogP contribution in [0.2, 0.25) is 0 Å². The Morgan fingerprint density at radius 1 is 1.00 bits per heavy atom. The molecule has 1 aliphatic rings. The maximum absolute atomic E-state index is 12.9. The molecule has 5 rings (SSSR count). The van der Waals surface area contributed by atoms with Crippen molar-refractivity contribution in [1.29, 1.82) is 0 Å². The van der Waals surface area contributed by atoms with Gasteiger partial charge >= 0.3 is 0 Å². The summed E-state index contributed by atoms with van der Waals surface area (Å²) in [5.74, 6) is 0.147. The zero-order chi connectivity index (χ0) is 19.8. The van der Waals surface area contributed by atoms with Gasteiger partial charge in [0.15, 0.2) is 5.65 Å². The van der Waals surface area contributed by atoms with E-state index in [0.717, 1.165) is 18.5 Å². The van der Waals surface area contributed by atoms with E-state index >= 15 is 0 Å². The number of carbonyl (C=O) groups excluding carboxylic acids is 1. The van der Waals surface area contributed by atoms with Crippen LogP contribution in [0.1, 0.15) is 24.0 Å². The summed E-state index contributed by atoms with van der Waals surface area (Å²) >= 11 is 0. The van der Waals surface area contributed by atoms with Crippen molar-refractivity contribution in [1.82, 2.24) is 18.9 Å². The molecule has 1 amide bonds. The molecule has 0 atom stereocenters. The molecule has 29 heavy (non-hydrogen) atoms. The van der Waals surface area contributed by atoms with Crippen LogP contribution in [0.3, 0.4) is 0 Å². The van der Waals surface area contributed by atoms with E-state index in [0.29, 0.717) is 37.1 Å². The number of carbonyl (C=O) groups is 1. The second-order valence-electron chi connectivity index (χ2n) is 7.50. The predicted molar refractivity (Wildman–Crippen MR) is 112 cm³/mol. The quantitative estimate of drug-likeness (QED) is 0.542. The molecule has 0 saturated heterocycles. The third-order valence-corrected chi connectivity index (χ3v) is 5.75. The van der Waals surface area contributed by atoms with E-state index in [-0.39, 0.29) is 11.5 Å². The van der Waals surface area contributed by atoms with Crippen LogP contribution in [0.15, 0.2) is 65.7 Å².